The average molecular weight is 600 g/mol. The molecule has 0 atom stereocenters. The van der Waals surface area contributed by atoms with Gasteiger partial charge in [0.05, 0.1) is 12.2 Å². The molecule has 5 aromatic rings. The third-order valence-electron chi connectivity index (χ3n) is 7.90. The standard InChI is InChI=1S/C39H41N3O3/c1-39(2,3)32-20-18-28(19-21-32)27-42(35-16-6-7-17-36(35)45-33-14-8-10-29(24-33)25-40)38(44)23-22-37(43)41-26-31-13-9-12-30-11-4-5-15-34(30)31/h4-21,24H,22-23,25-27,40H2,1-3H3,(H,41,43). The van der Waals surface area contributed by atoms with Gasteiger partial charge < -0.3 is 20.7 Å². The molecule has 0 unspecified atom stereocenters. The zero-order chi connectivity index (χ0) is 31.8. The van der Waals surface area contributed by atoms with Crippen molar-refractivity contribution in [2.75, 3.05) is 4.90 Å². The van der Waals surface area contributed by atoms with Crippen molar-refractivity contribution in [1.29, 1.82) is 0 Å². The number of nitrogens with one attached hydrogen (secondary N) is 1. The molecule has 5 aromatic carbocycles. The van der Waals surface area contributed by atoms with Crippen molar-refractivity contribution in [2.24, 2.45) is 5.73 Å². The first kappa shape index (κ1) is 31.5. The van der Waals surface area contributed by atoms with Crippen molar-refractivity contribution in [2.45, 2.75) is 58.7 Å². The van der Waals surface area contributed by atoms with Crippen molar-refractivity contribution in [1.82, 2.24) is 5.32 Å². The first-order chi connectivity index (χ1) is 21.7. The number of ether oxygens (including phenoxy) is 1. The molecule has 0 aromatic heterocycles. The van der Waals surface area contributed by atoms with E-state index in [0.29, 0.717) is 36.8 Å². The molecule has 230 valence electrons. The lowest BCUT2D eigenvalue weighted by Crippen LogP contribution is -2.32. The second kappa shape index (κ2) is 14.2. The molecule has 5 rings (SSSR count). The minimum atomic E-state index is -0.172. The van der Waals surface area contributed by atoms with Crippen LogP contribution in [0.4, 0.5) is 5.69 Å². The zero-order valence-corrected chi connectivity index (χ0v) is 26.3. The van der Waals surface area contributed by atoms with Crippen LogP contribution in [0.25, 0.3) is 10.8 Å². The molecule has 0 saturated heterocycles. The van der Waals surface area contributed by atoms with Gasteiger partial charge in [0.1, 0.15) is 5.75 Å². The van der Waals surface area contributed by atoms with Gasteiger partial charge >= 0.3 is 0 Å². The van der Waals surface area contributed by atoms with Gasteiger partial charge in [-0.15, -0.1) is 0 Å². The molecule has 45 heavy (non-hydrogen) atoms. The first-order valence-corrected chi connectivity index (χ1v) is 15.4. The fourth-order valence-electron chi connectivity index (χ4n) is 5.31. The SMILES string of the molecule is CC(C)(C)c1ccc(CN(C(=O)CCC(=O)NCc2cccc3ccccc23)c2ccccc2Oc2cccc(CN)c2)cc1. The number of fused-ring (bicyclic) bond motifs is 1. The Bertz CT molecular complexity index is 1770. The van der Waals surface area contributed by atoms with Gasteiger partial charge in [-0.25, -0.2) is 0 Å². The van der Waals surface area contributed by atoms with Gasteiger partial charge in [-0.3, -0.25) is 9.59 Å². The minimum absolute atomic E-state index is 0.0198. The van der Waals surface area contributed by atoms with E-state index >= 15 is 0 Å². The van der Waals surface area contributed by atoms with E-state index in [1.165, 1.54) is 5.56 Å². The van der Waals surface area contributed by atoms with E-state index in [1.54, 1.807) is 4.90 Å². The highest BCUT2D eigenvalue weighted by atomic mass is 16.5. The number of carbonyl (C=O) groups is 2. The quantitative estimate of drug-likeness (QED) is 0.161. The van der Waals surface area contributed by atoms with Crippen LogP contribution >= 0.6 is 0 Å². The Morgan fingerprint density at radius 1 is 0.778 bits per heavy atom. The van der Waals surface area contributed by atoms with Crippen LogP contribution in [0.1, 0.15) is 55.9 Å². The summed E-state index contributed by atoms with van der Waals surface area (Å²) in [5.41, 5.74) is 10.7. The highest BCUT2D eigenvalue weighted by Crippen LogP contribution is 2.34. The highest BCUT2D eigenvalue weighted by Gasteiger charge is 2.22. The Kier molecular flexibility index (Phi) is 9.95. The maximum atomic E-state index is 13.9. The van der Waals surface area contributed by atoms with Gasteiger partial charge in [0.2, 0.25) is 11.8 Å². The molecule has 3 N–H and O–H groups in total. The van der Waals surface area contributed by atoms with Crippen molar-refractivity contribution in [3.05, 3.63) is 138 Å². The van der Waals surface area contributed by atoms with E-state index in [4.69, 9.17) is 10.5 Å². The lowest BCUT2D eigenvalue weighted by atomic mass is 9.87. The molecule has 6 heteroatoms. The molecule has 0 aliphatic carbocycles. The summed E-state index contributed by atoms with van der Waals surface area (Å²) < 4.78 is 6.30. The third-order valence-corrected chi connectivity index (χ3v) is 7.90. The number of nitrogens with zero attached hydrogens (tertiary/aromatic N) is 1. The Hall–Kier alpha value is -4.94. The van der Waals surface area contributed by atoms with Gasteiger partial charge in [-0.1, -0.05) is 112 Å². The van der Waals surface area contributed by atoms with Crippen LogP contribution in [0, 0.1) is 0 Å². The predicted octanol–water partition coefficient (Wildman–Crippen LogP) is 8.02. The van der Waals surface area contributed by atoms with Gasteiger partial charge in [0.15, 0.2) is 5.75 Å². The van der Waals surface area contributed by atoms with Crippen LogP contribution < -0.4 is 20.7 Å². The second-order valence-corrected chi connectivity index (χ2v) is 12.3. The second-order valence-electron chi connectivity index (χ2n) is 12.3. The number of hydrogen-bond donors (Lipinski definition) is 2. The lowest BCUT2D eigenvalue weighted by Gasteiger charge is -2.26. The van der Waals surface area contributed by atoms with Gasteiger partial charge in [-0.2, -0.15) is 0 Å². The number of carbonyl (C=O) groups excluding carboxylic acids is 2. The molecular weight excluding hydrogens is 558 g/mol. The van der Waals surface area contributed by atoms with E-state index in [-0.39, 0.29) is 30.1 Å². The van der Waals surface area contributed by atoms with Crippen molar-refractivity contribution >= 4 is 28.3 Å². The normalized spacial score (nSPS) is 11.3. The highest BCUT2D eigenvalue weighted by molar-refractivity contribution is 5.96. The number of rotatable bonds is 11. The lowest BCUT2D eigenvalue weighted by molar-refractivity contribution is -0.125. The summed E-state index contributed by atoms with van der Waals surface area (Å²) in [6, 6.07) is 37.6. The smallest absolute Gasteiger partial charge is 0.227 e. The summed E-state index contributed by atoms with van der Waals surface area (Å²) in [5, 5.41) is 5.24. The maximum Gasteiger partial charge on any atom is 0.227 e. The Morgan fingerprint density at radius 2 is 1.49 bits per heavy atom. The van der Waals surface area contributed by atoms with Crippen LogP contribution in [0.5, 0.6) is 11.5 Å². The number of benzene rings is 5. The molecule has 6 nitrogen and oxygen atoms in total. The fourth-order valence-corrected chi connectivity index (χ4v) is 5.31. The largest absolute Gasteiger partial charge is 0.455 e. The molecule has 0 aliphatic rings. The molecule has 2 amide bonds. The maximum absolute atomic E-state index is 13.9. The predicted molar refractivity (Wildman–Crippen MR) is 182 cm³/mol. The topological polar surface area (TPSA) is 84.7 Å². The summed E-state index contributed by atoms with van der Waals surface area (Å²) in [5.74, 6) is 0.850. The molecule has 0 radical (unpaired) electrons. The van der Waals surface area contributed by atoms with Crippen molar-refractivity contribution in [3.8, 4) is 11.5 Å². The Labute approximate surface area is 265 Å². The average Bonchev–Trinajstić information content (AvgIpc) is 3.05. The minimum Gasteiger partial charge on any atom is -0.455 e. The summed E-state index contributed by atoms with van der Waals surface area (Å²) in [6.07, 6.45) is 0.128. The van der Waals surface area contributed by atoms with Gasteiger partial charge in [0.25, 0.3) is 0 Å². The summed E-state index contributed by atoms with van der Waals surface area (Å²) in [6.45, 7) is 7.67. The van der Waals surface area contributed by atoms with E-state index in [2.05, 4.69) is 68.6 Å². The Morgan fingerprint density at radius 3 is 2.27 bits per heavy atom. The zero-order valence-electron chi connectivity index (χ0n) is 26.3. The molecular formula is C39H41N3O3. The number of para-hydroxylation sites is 2. The van der Waals surface area contributed by atoms with Crippen LogP contribution in [0.2, 0.25) is 0 Å². The van der Waals surface area contributed by atoms with Gasteiger partial charge in [0, 0.05) is 25.9 Å². The Balaban J connectivity index is 1.34. The number of amides is 2. The molecule has 0 spiro atoms. The van der Waals surface area contributed by atoms with E-state index < -0.39 is 0 Å². The number of hydrogen-bond acceptors (Lipinski definition) is 4. The van der Waals surface area contributed by atoms with Crippen molar-refractivity contribution < 1.29 is 14.3 Å². The van der Waals surface area contributed by atoms with Crippen LogP contribution in [0.3, 0.4) is 0 Å². The van der Waals surface area contributed by atoms with Crippen LogP contribution in [-0.4, -0.2) is 11.8 Å². The molecule has 0 saturated carbocycles. The molecule has 0 bridgehead atoms. The molecule has 0 aliphatic heterocycles. The van der Waals surface area contributed by atoms with E-state index in [9.17, 15) is 9.59 Å². The molecule has 0 heterocycles. The molecule has 0 fully saturated rings. The van der Waals surface area contributed by atoms with Crippen LogP contribution in [0.15, 0.2) is 115 Å². The summed E-state index contributed by atoms with van der Waals surface area (Å²) in [4.78, 5) is 28.6. The third kappa shape index (κ3) is 8.16. The first-order valence-electron chi connectivity index (χ1n) is 15.4. The monoisotopic (exact) mass is 599 g/mol. The van der Waals surface area contributed by atoms with Crippen LogP contribution in [-0.2, 0) is 34.6 Å². The number of nitrogens with two attached hydrogens (primary N) is 1. The van der Waals surface area contributed by atoms with Gasteiger partial charge in [-0.05, 0) is 62.7 Å². The number of anilines is 1. The van der Waals surface area contributed by atoms with E-state index in [0.717, 1.165) is 27.5 Å². The fraction of sp³-hybridized carbons (Fsp3) is 0.231. The van der Waals surface area contributed by atoms with E-state index in [1.807, 2.05) is 72.8 Å². The summed E-state index contributed by atoms with van der Waals surface area (Å²) >= 11 is 0. The summed E-state index contributed by atoms with van der Waals surface area (Å²) in [7, 11) is 0. The van der Waals surface area contributed by atoms with Crippen molar-refractivity contribution in [3.63, 3.8) is 0 Å².